The van der Waals surface area contributed by atoms with E-state index in [0.717, 1.165) is 13.1 Å². The minimum absolute atomic E-state index is 0.350. The van der Waals surface area contributed by atoms with E-state index in [1.165, 1.54) is 0 Å². The Kier molecular flexibility index (Phi) is 8.10. The molecule has 27 heavy (non-hydrogen) atoms. The number of esters is 1. The fourth-order valence-electron chi connectivity index (χ4n) is 2.44. The van der Waals surface area contributed by atoms with Crippen LogP contribution in [-0.4, -0.2) is 43.1 Å². The van der Waals surface area contributed by atoms with Gasteiger partial charge in [-0.25, -0.2) is 9.59 Å². The predicted octanol–water partition coefficient (Wildman–Crippen LogP) is 4.48. The maximum absolute atomic E-state index is 12.1. The average molecular weight is 390 g/mol. The molecule has 144 valence electrons. The highest BCUT2D eigenvalue weighted by molar-refractivity contribution is 6.30. The second-order valence-electron chi connectivity index (χ2n) is 5.83. The van der Waals surface area contributed by atoms with Gasteiger partial charge in [-0.3, -0.25) is 0 Å². The number of carbonyl (C=O) groups excluding carboxylic acids is 2. The Morgan fingerprint density at radius 2 is 1.67 bits per heavy atom. The van der Waals surface area contributed by atoms with E-state index in [4.69, 9.17) is 16.3 Å². The number of anilines is 2. The third-order valence-electron chi connectivity index (χ3n) is 4.00. The van der Waals surface area contributed by atoms with Gasteiger partial charge in [0.25, 0.3) is 0 Å². The van der Waals surface area contributed by atoms with Crippen molar-refractivity contribution in [1.29, 1.82) is 0 Å². The first-order valence-corrected chi connectivity index (χ1v) is 9.22. The number of carbonyl (C=O) groups is 2. The molecule has 0 aliphatic heterocycles. The Balaban J connectivity index is 1.83. The van der Waals surface area contributed by atoms with E-state index < -0.39 is 6.03 Å². The topological polar surface area (TPSA) is 70.7 Å². The molecule has 7 heteroatoms. The van der Waals surface area contributed by atoms with Crippen molar-refractivity contribution in [2.75, 3.05) is 36.9 Å². The van der Waals surface area contributed by atoms with Crippen LogP contribution in [0, 0.1) is 0 Å². The van der Waals surface area contributed by atoms with Gasteiger partial charge in [0, 0.05) is 22.9 Å². The molecule has 0 spiro atoms. The summed E-state index contributed by atoms with van der Waals surface area (Å²) in [5.41, 5.74) is 1.60. The predicted molar refractivity (Wildman–Crippen MR) is 109 cm³/mol. The highest BCUT2D eigenvalue weighted by Gasteiger charge is 2.09. The highest BCUT2D eigenvalue weighted by Crippen LogP contribution is 2.16. The van der Waals surface area contributed by atoms with Crippen LogP contribution in [0.5, 0.6) is 0 Å². The molecule has 2 aromatic carbocycles. The third kappa shape index (κ3) is 6.92. The molecule has 6 nitrogen and oxygen atoms in total. The number of nitrogens with one attached hydrogen (secondary N) is 2. The minimum atomic E-state index is -0.396. The molecule has 2 N–H and O–H groups in total. The molecule has 0 heterocycles. The van der Waals surface area contributed by atoms with Gasteiger partial charge in [0.2, 0.25) is 0 Å². The standard InChI is InChI=1S/C20H24ClN3O3/c1-3-24(4-2)12-13-27-19(25)15-8-10-17(11-9-15)22-20(26)23-18-7-5-6-16(21)14-18/h5-11,14H,3-4,12-13H2,1-2H3,(H2,22,23,26). The van der Waals surface area contributed by atoms with Crippen molar-refractivity contribution < 1.29 is 14.3 Å². The fraction of sp³-hybridized carbons (Fsp3) is 0.300. The van der Waals surface area contributed by atoms with Crippen LogP contribution in [-0.2, 0) is 4.74 Å². The number of nitrogens with zero attached hydrogens (tertiary/aromatic N) is 1. The lowest BCUT2D eigenvalue weighted by atomic mass is 10.2. The van der Waals surface area contributed by atoms with E-state index in [-0.39, 0.29) is 5.97 Å². The van der Waals surface area contributed by atoms with Gasteiger partial charge >= 0.3 is 12.0 Å². The number of halogens is 1. The summed E-state index contributed by atoms with van der Waals surface area (Å²) in [4.78, 5) is 26.2. The van der Waals surface area contributed by atoms with Crippen LogP contribution in [0.4, 0.5) is 16.2 Å². The largest absolute Gasteiger partial charge is 0.461 e. The van der Waals surface area contributed by atoms with E-state index in [9.17, 15) is 9.59 Å². The van der Waals surface area contributed by atoms with Crippen molar-refractivity contribution in [3.8, 4) is 0 Å². The van der Waals surface area contributed by atoms with Crippen LogP contribution in [0.1, 0.15) is 24.2 Å². The van der Waals surface area contributed by atoms with Crippen molar-refractivity contribution >= 4 is 35.0 Å². The summed E-state index contributed by atoms with van der Waals surface area (Å²) in [5.74, 6) is -0.378. The first-order chi connectivity index (χ1) is 13.0. The molecule has 2 aromatic rings. The van der Waals surface area contributed by atoms with E-state index in [0.29, 0.717) is 35.1 Å². The van der Waals surface area contributed by atoms with Gasteiger partial charge in [-0.05, 0) is 55.6 Å². The maximum Gasteiger partial charge on any atom is 0.338 e. The molecule has 0 radical (unpaired) electrons. The number of rotatable bonds is 8. The summed E-state index contributed by atoms with van der Waals surface area (Å²) in [6.45, 7) is 7.04. The Bertz CT molecular complexity index is 761. The molecule has 0 fully saturated rings. The second-order valence-corrected chi connectivity index (χ2v) is 6.27. The summed E-state index contributed by atoms with van der Waals surface area (Å²) < 4.78 is 5.28. The van der Waals surface area contributed by atoms with Crippen LogP contribution < -0.4 is 10.6 Å². The molecule has 2 rings (SSSR count). The van der Waals surface area contributed by atoms with Gasteiger partial charge in [-0.15, -0.1) is 0 Å². The Labute approximate surface area is 164 Å². The van der Waals surface area contributed by atoms with Crippen molar-refractivity contribution in [3.63, 3.8) is 0 Å². The SMILES string of the molecule is CCN(CC)CCOC(=O)c1ccc(NC(=O)Nc2cccc(Cl)c2)cc1. The molecule has 0 aliphatic rings. The van der Waals surface area contributed by atoms with Crippen molar-refractivity contribution in [2.45, 2.75) is 13.8 Å². The molecule has 0 unspecified atom stereocenters. The zero-order valence-corrected chi connectivity index (χ0v) is 16.3. The lowest BCUT2D eigenvalue weighted by molar-refractivity contribution is 0.0466. The van der Waals surface area contributed by atoms with E-state index in [1.807, 2.05) is 0 Å². The molecule has 0 aromatic heterocycles. The molecular weight excluding hydrogens is 366 g/mol. The summed E-state index contributed by atoms with van der Waals surface area (Å²) in [6, 6.07) is 13.0. The summed E-state index contributed by atoms with van der Waals surface area (Å²) in [5, 5.41) is 5.92. The van der Waals surface area contributed by atoms with Gasteiger partial charge in [-0.1, -0.05) is 31.5 Å². The summed E-state index contributed by atoms with van der Waals surface area (Å²) >= 11 is 5.89. The number of ether oxygens (including phenoxy) is 1. The molecule has 0 saturated heterocycles. The second kappa shape index (κ2) is 10.5. The number of hydrogen-bond acceptors (Lipinski definition) is 4. The molecule has 0 atom stereocenters. The van der Waals surface area contributed by atoms with Crippen LogP contribution in [0.25, 0.3) is 0 Å². The monoisotopic (exact) mass is 389 g/mol. The minimum Gasteiger partial charge on any atom is -0.461 e. The smallest absolute Gasteiger partial charge is 0.338 e. The van der Waals surface area contributed by atoms with Crippen molar-refractivity contribution in [1.82, 2.24) is 4.90 Å². The zero-order chi connectivity index (χ0) is 19.6. The highest BCUT2D eigenvalue weighted by atomic mass is 35.5. The molecular formula is C20H24ClN3O3. The number of likely N-dealkylation sites (N-methyl/N-ethyl adjacent to an activating group) is 1. The first-order valence-electron chi connectivity index (χ1n) is 8.85. The molecule has 0 aliphatic carbocycles. The average Bonchev–Trinajstić information content (AvgIpc) is 2.65. The lowest BCUT2D eigenvalue weighted by Gasteiger charge is -2.17. The first kappa shape index (κ1) is 20.7. The Morgan fingerprint density at radius 3 is 2.30 bits per heavy atom. The van der Waals surface area contributed by atoms with Crippen LogP contribution in [0.2, 0.25) is 5.02 Å². The number of urea groups is 1. The van der Waals surface area contributed by atoms with Crippen LogP contribution >= 0.6 is 11.6 Å². The normalized spacial score (nSPS) is 10.5. The Hall–Kier alpha value is -2.57. The molecule has 0 bridgehead atoms. The fourth-order valence-corrected chi connectivity index (χ4v) is 2.63. The van der Waals surface area contributed by atoms with Gasteiger partial charge in [-0.2, -0.15) is 0 Å². The van der Waals surface area contributed by atoms with Gasteiger partial charge in [0.15, 0.2) is 0 Å². The van der Waals surface area contributed by atoms with E-state index in [2.05, 4.69) is 29.4 Å². The van der Waals surface area contributed by atoms with Crippen molar-refractivity contribution in [2.24, 2.45) is 0 Å². The molecule has 0 saturated carbocycles. The van der Waals surface area contributed by atoms with Crippen LogP contribution in [0.15, 0.2) is 48.5 Å². The Morgan fingerprint density at radius 1 is 1.00 bits per heavy atom. The lowest BCUT2D eigenvalue weighted by Crippen LogP contribution is -2.27. The number of hydrogen-bond donors (Lipinski definition) is 2. The van der Waals surface area contributed by atoms with Crippen LogP contribution in [0.3, 0.4) is 0 Å². The van der Waals surface area contributed by atoms with E-state index >= 15 is 0 Å². The van der Waals surface area contributed by atoms with E-state index in [1.54, 1.807) is 48.5 Å². The molecule has 2 amide bonds. The maximum atomic E-state index is 12.1. The van der Waals surface area contributed by atoms with Crippen molar-refractivity contribution in [3.05, 3.63) is 59.1 Å². The summed E-state index contributed by atoms with van der Waals surface area (Å²) in [6.07, 6.45) is 0. The summed E-state index contributed by atoms with van der Waals surface area (Å²) in [7, 11) is 0. The quantitative estimate of drug-likeness (QED) is 0.653. The third-order valence-corrected chi connectivity index (χ3v) is 4.23. The zero-order valence-electron chi connectivity index (χ0n) is 15.5. The van der Waals surface area contributed by atoms with Gasteiger partial charge in [0.1, 0.15) is 6.61 Å². The number of benzene rings is 2. The van der Waals surface area contributed by atoms with Gasteiger partial charge in [0.05, 0.1) is 5.56 Å². The van der Waals surface area contributed by atoms with Gasteiger partial charge < -0.3 is 20.3 Å². The number of amides is 2.